The Balaban J connectivity index is 2.90. The van der Waals surface area contributed by atoms with E-state index in [-0.39, 0.29) is 25.2 Å². The molecule has 0 fully saturated rings. The molecule has 0 aromatic heterocycles. The van der Waals surface area contributed by atoms with E-state index in [1.807, 2.05) is 13.8 Å². The summed E-state index contributed by atoms with van der Waals surface area (Å²) in [5.74, 6) is -4.34. The molecular weight excluding hydrogens is 596 g/mol. The minimum Gasteiger partial charge on any atom is -0.480 e. The molecule has 1 rings (SSSR count). The molecule has 15 nitrogen and oxygen atoms in total. The average molecular weight is 649 g/mol. The van der Waals surface area contributed by atoms with Crippen LogP contribution in [0.15, 0.2) is 30.3 Å². The lowest BCUT2D eigenvalue weighted by Crippen LogP contribution is -2.56. The van der Waals surface area contributed by atoms with Gasteiger partial charge in [-0.25, -0.2) is 4.79 Å². The monoisotopic (exact) mass is 648 g/mol. The molecule has 46 heavy (non-hydrogen) atoms. The zero-order valence-electron chi connectivity index (χ0n) is 26.9. The highest BCUT2D eigenvalue weighted by Crippen LogP contribution is 2.08. The molecule has 0 saturated heterocycles. The molecule has 0 aliphatic rings. The number of carboxylic acids is 1. The van der Waals surface area contributed by atoms with E-state index in [0.29, 0.717) is 38.8 Å². The number of hydrogen-bond acceptors (Lipinski definition) is 9. The van der Waals surface area contributed by atoms with Crippen LogP contribution in [0, 0.1) is 5.92 Å². The van der Waals surface area contributed by atoms with Crippen molar-refractivity contribution in [2.24, 2.45) is 23.1 Å². The third-order valence-corrected chi connectivity index (χ3v) is 7.01. The minimum absolute atomic E-state index is 0.0322. The molecule has 0 spiro atoms. The van der Waals surface area contributed by atoms with Gasteiger partial charge in [-0.3, -0.25) is 24.0 Å². The van der Waals surface area contributed by atoms with Crippen molar-refractivity contribution in [3.63, 3.8) is 0 Å². The lowest BCUT2D eigenvalue weighted by molar-refractivity contribution is -0.142. The van der Waals surface area contributed by atoms with E-state index in [1.165, 1.54) is 0 Å². The van der Waals surface area contributed by atoms with Crippen LogP contribution in [0.25, 0.3) is 0 Å². The summed E-state index contributed by atoms with van der Waals surface area (Å²) >= 11 is 0. The highest BCUT2D eigenvalue weighted by molar-refractivity contribution is 5.95. The quantitative estimate of drug-likeness (QED) is 0.0629. The zero-order chi connectivity index (χ0) is 34.5. The summed E-state index contributed by atoms with van der Waals surface area (Å²) < 4.78 is 0. The first-order chi connectivity index (χ1) is 21.9. The maximum atomic E-state index is 13.5. The Morgan fingerprint density at radius 3 is 1.78 bits per heavy atom. The van der Waals surface area contributed by atoms with Crippen molar-refractivity contribution in [2.75, 3.05) is 26.2 Å². The second-order valence-corrected chi connectivity index (χ2v) is 11.6. The summed E-state index contributed by atoms with van der Waals surface area (Å²) in [7, 11) is 0. The second-order valence-electron chi connectivity index (χ2n) is 11.6. The molecule has 0 aliphatic carbocycles. The van der Waals surface area contributed by atoms with Crippen molar-refractivity contribution in [1.29, 1.82) is 0 Å². The molecule has 5 amide bonds. The van der Waals surface area contributed by atoms with Gasteiger partial charge in [0.2, 0.25) is 29.5 Å². The van der Waals surface area contributed by atoms with E-state index in [4.69, 9.17) is 17.2 Å². The number of unbranched alkanes of at least 4 members (excludes halogenated alkanes) is 2. The Bertz CT molecular complexity index is 1120. The number of hydrogen-bond donors (Lipinski definition) is 9. The number of carbonyl (C=O) groups is 6. The van der Waals surface area contributed by atoms with Gasteiger partial charge >= 0.3 is 5.97 Å². The van der Waals surface area contributed by atoms with E-state index in [0.717, 1.165) is 12.0 Å². The van der Waals surface area contributed by atoms with Crippen molar-refractivity contribution < 1.29 is 33.9 Å². The maximum absolute atomic E-state index is 13.5. The summed E-state index contributed by atoms with van der Waals surface area (Å²) in [6, 6.07) is 4.87. The predicted molar refractivity (Wildman–Crippen MR) is 173 cm³/mol. The molecule has 0 saturated carbocycles. The highest BCUT2D eigenvalue weighted by atomic mass is 16.4. The third-order valence-electron chi connectivity index (χ3n) is 7.01. The van der Waals surface area contributed by atoms with Crippen molar-refractivity contribution in [1.82, 2.24) is 26.6 Å². The third kappa shape index (κ3) is 16.8. The van der Waals surface area contributed by atoms with Gasteiger partial charge in [-0.15, -0.1) is 0 Å². The van der Waals surface area contributed by atoms with Crippen molar-refractivity contribution in [3.05, 3.63) is 35.9 Å². The molecule has 258 valence electrons. The Kier molecular flexibility index (Phi) is 19.5. The van der Waals surface area contributed by atoms with Gasteiger partial charge in [-0.05, 0) is 63.1 Å². The minimum atomic E-state index is -1.20. The number of nitrogens with one attached hydrogen (secondary N) is 5. The second kappa shape index (κ2) is 22.4. The van der Waals surface area contributed by atoms with Crippen LogP contribution < -0.4 is 43.8 Å². The van der Waals surface area contributed by atoms with Gasteiger partial charge in [0.25, 0.3) is 0 Å². The molecule has 0 bridgehead atoms. The molecule has 1 aromatic carbocycles. The highest BCUT2D eigenvalue weighted by Gasteiger charge is 2.28. The first kappa shape index (κ1) is 39.9. The number of rotatable bonds is 23. The number of nitrogens with two attached hydrogens (primary N) is 3. The molecule has 1 aromatic rings. The fourth-order valence-corrected chi connectivity index (χ4v) is 4.50. The number of amides is 5. The number of aliphatic carboxylic acids is 1. The first-order valence-corrected chi connectivity index (χ1v) is 15.7. The smallest absolute Gasteiger partial charge is 0.326 e. The van der Waals surface area contributed by atoms with Gasteiger partial charge in [0, 0.05) is 6.42 Å². The van der Waals surface area contributed by atoms with E-state index in [2.05, 4.69) is 26.6 Å². The summed E-state index contributed by atoms with van der Waals surface area (Å²) in [6.07, 6.45) is 3.45. The number of carboxylic acid groups (broad SMARTS) is 1. The standard InChI is InChI=1S/C31H52N8O7/c1-20(2)16-24(29(43)36-19-26(40)37-23(31(45)46)13-7-9-15-33)39-30(44)25(17-21-10-4-3-5-11-21)38-27(41)18-35-28(42)22(34)12-6-8-14-32/h3-5,10-11,20,22-25H,6-9,12-19,32-34H2,1-2H3,(H,35,42)(H,36,43)(H,37,40)(H,38,41)(H,39,44)(H,45,46). The molecular formula is C31H52N8O7. The molecule has 4 atom stereocenters. The van der Waals surface area contributed by atoms with Gasteiger partial charge in [0.15, 0.2) is 0 Å². The van der Waals surface area contributed by atoms with Crippen LogP contribution in [0.5, 0.6) is 0 Å². The van der Waals surface area contributed by atoms with Gasteiger partial charge in [0.1, 0.15) is 18.1 Å². The van der Waals surface area contributed by atoms with Crippen LogP contribution in [0.1, 0.15) is 64.4 Å². The largest absolute Gasteiger partial charge is 0.480 e. The Hall–Kier alpha value is -4.08. The van der Waals surface area contributed by atoms with Gasteiger partial charge < -0.3 is 48.9 Å². The molecule has 0 aliphatic heterocycles. The lowest BCUT2D eigenvalue weighted by atomic mass is 10.0. The van der Waals surface area contributed by atoms with Gasteiger partial charge in [-0.1, -0.05) is 50.6 Å². The van der Waals surface area contributed by atoms with E-state index >= 15 is 0 Å². The Morgan fingerprint density at radius 1 is 0.696 bits per heavy atom. The lowest BCUT2D eigenvalue weighted by Gasteiger charge is -2.24. The average Bonchev–Trinajstić information content (AvgIpc) is 3.01. The maximum Gasteiger partial charge on any atom is 0.326 e. The van der Waals surface area contributed by atoms with Crippen molar-refractivity contribution >= 4 is 35.5 Å². The summed E-state index contributed by atoms with van der Waals surface area (Å²) in [5, 5.41) is 22.0. The number of benzene rings is 1. The fourth-order valence-electron chi connectivity index (χ4n) is 4.50. The Morgan fingerprint density at radius 2 is 1.24 bits per heavy atom. The predicted octanol–water partition coefficient (Wildman–Crippen LogP) is -1.37. The Labute approximate surface area is 270 Å². The van der Waals surface area contributed by atoms with Crippen LogP contribution in [0.3, 0.4) is 0 Å². The van der Waals surface area contributed by atoms with Crippen molar-refractivity contribution in [3.8, 4) is 0 Å². The molecule has 0 heterocycles. The van der Waals surface area contributed by atoms with Crippen LogP contribution in [-0.2, 0) is 35.2 Å². The van der Waals surface area contributed by atoms with E-state index < -0.39 is 72.8 Å². The van der Waals surface area contributed by atoms with E-state index in [9.17, 15) is 33.9 Å². The topological polar surface area (TPSA) is 261 Å². The summed E-state index contributed by atoms with van der Waals surface area (Å²) in [6.45, 7) is 3.68. The zero-order valence-corrected chi connectivity index (χ0v) is 26.9. The van der Waals surface area contributed by atoms with Crippen LogP contribution >= 0.6 is 0 Å². The van der Waals surface area contributed by atoms with Crippen LogP contribution in [-0.4, -0.2) is 91.0 Å². The summed E-state index contributed by atoms with van der Waals surface area (Å²) in [5.41, 5.74) is 17.5. The van der Waals surface area contributed by atoms with Gasteiger partial charge in [0.05, 0.1) is 19.1 Å². The molecule has 12 N–H and O–H groups in total. The SMILES string of the molecule is CC(C)CC(NC(=O)C(Cc1ccccc1)NC(=O)CNC(=O)C(N)CCCCN)C(=O)NCC(=O)NC(CCCCN)C(=O)O. The van der Waals surface area contributed by atoms with E-state index in [1.54, 1.807) is 30.3 Å². The molecule has 0 radical (unpaired) electrons. The summed E-state index contributed by atoms with van der Waals surface area (Å²) in [4.78, 5) is 75.6. The van der Waals surface area contributed by atoms with Crippen LogP contribution in [0.2, 0.25) is 0 Å². The number of carbonyl (C=O) groups excluding carboxylic acids is 5. The molecule has 15 heteroatoms. The van der Waals surface area contributed by atoms with Crippen molar-refractivity contribution in [2.45, 2.75) is 89.4 Å². The first-order valence-electron chi connectivity index (χ1n) is 15.7. The van der Waals surface area contributed by atoms with Gasteiger partial charge in [-0.2, -0.15) is 0 Å². The molecule has 4 unspecified atom stereocenters. The normalized spacial score (nSPS) is 13.5. The van der Waals surface area contributed by atoms with Crippen LogP contribution in [0.4, 0.5) is 0 Å². The fraction of sp³-hybridized carbons (Fsp3) is 0.613.